The highest BCUT2D eigenvalue weighted by Gasteiger charge is 2.30. The number of ether oxygens (including phenoxy) is 1. The minimum absolute atomic E-state index is 0.0249. The van der Waals surface area contributed by atoms with Gasteiger partial charge in [0, 0.05) is 30.1 Å². The zero-order valence-corrected chi connectivity index (χ0v) is 17.9. The van der Waals surface area contributed by atoms with E-state index in [-0.39, 0.29) is 11.9 Å². The van der Waals surface area contributed by atoms with Gasteiger partial charge in [-0.15, -0.1) is 0 Å². The molecule has 1 amide bonds. The molecule has 6 heteroatoms. The van der Waals surface area contributed by atoms with Crippen molar-refractivity contribution in [2.24, 2.45) is 4.99 Å². The molecule has 0 radical (unpaired) electrons. The number of hydrogen-bond acceptors (Lipinski definition) is 5. The molecule has 5 rings (SSSR count). The number of fused-ring (bicyclic) bond motifs is 2. The highest BCUT2D eigenvalue weighted by molar-refractivity contribution is 6.15. The van der Waals surface area contributed by atoms with Crippen LogP contribution in [0, 0.1) is 6.92 Å². The van der Waals surface area contributed by atoms with Crippen molar-refractivity contribution in [1.82, 2.24) is 14.9 Å². The van der Waals surface area contributed by atoms with Crippen LogP contribution in [0.5, 0.6) is 6.01 Å². The number of benzene rings is 2. The number of methoxy groups -OCH3 is 1. The molecule has 0 spiro atoms. The van der Waals surface area contributed by atoms with Crippen LogP contribution >= 0.6 is 0 Å². The maximum atomic E-state index is 13.0. The van der Waals surface area contributed by atoms with E-state index in [1.807, 2.05) is 4.90 Å². The third-order valence-electron chi connectivity index (χ3n) is 6.17. The second-order valence-electron chi connectivity index (χ2n) is 8.19. The molecule has 31 heavy (non-hydrogen) atoms. The molecule has 1 aromatic heterocycles. The first-order chi connectivity index (χ1) is 15.0. The van der Waals surface area contributed by atoms with Gasteiger partial charge >= 0.3 is 6.01 Å². The van der Waals surface area contributed by atoms with E-state index < -0.39 is 0 Å². The molecule has 0 unspecified atom stereocenters. The van der Waals surface area contributed by atoms with Crippen molar-refractivity contribution in [2.75, 3.05) is 7.11 Å². The summed E-state index contributed by atoms with van der Waals surface area (Å²) in [6, 6.07) is 13.1. The Morgan fingerprint density at radius 2 is 1.87 bits per heavy atom. The van der Waals surface area contributed by atoms with E-state index in [0.717, 1.165) is 33.5 Å². The Bertz CT molecular complexity index is 1200. The molecular formula is C25H24N4O2. The number of aliphatic imine (C=N–C) groups is 1. The molecular weight excluding hydrogens is 388 g/mol. The topological polar surface area (TPSA) is 67.7 Å². The van der Waals surface area contributed by atoms with Crippen LogP contribution in [0.2, 0.25) is 0 Å². The molecule has 0 saturated carbocycles. The van der Waals surface area contributed by atoms with E-state index in [1.54, 1.807) is 19.5 Å². The second kappa shape index (κ2) is 7.61. The van der Waals surface area contributed by atoms with Crippen molar-refractivity contribution >= 4 is 11.6 Å². The molecule has 0 N–H and O–H groups in total. The van der Waals surface area contributed by atoms with E-state index in [0.29, 0.717) is 25.5 Å². The summed E-state index contributed by atoms with van der Waals surface area (Å²) in [5.74, 6) is 0.171. The summed E-state index contributed by atoms with van der Waals surface area (Å²) in [5, 5.41) is 0. The van der Waals surface area contributed by atoms with Crippen LogP contribution in [0.4, 0.5) is 0 Å². The lowest BCUT2D eigenvalue weighted by Crippen LogP contribution is -2.38. The Labute approximate surface area is 181 Å². The monoisotopic (exact) mass is 412 g/mol. The van der Waals surface area contributed by atoms with Gasteiger partial charge in [0.15, 0.2) is 0 Å². The summed E-state index contributed by atoms with van der Waals surface area (Å²) in [5.41, 5.74) is 8.68. The van der Waals surface area contributed by atoms with Gasteiger partial charge in [-0.3, -0.25) is 9.79 Å². The van der Waals surface area contributed by atoms with Gasteiger partial charge in [0.2, 0.25) is 5.91 Å². The van der Waals surface area contributed by atoms with Crippen molar-refractivity contribution in [3.8, 4) is 6.01 Å². The number of nitrogens with zero attached hydrogens (tertiary/aromatic N) is 4. The zero-order valence-electron chi connectivity index (χ0n) is 17.9. The van der Waals surface area contributed by atoms with Crippen molar-refractivity contribution < 1.29 is 9.53 Å². The molecule has 0 bridgehead atoms. The van der Waals surface area contributed by atoms with E-state index in [9.17, 15) is 4.79 Å². The highest BCUT2D eigenvalue weighted by atomic mass is 16.5. The Morgan fingerprint density at radius 3 is 2.61 bits per heavy atom. The van der Waals surface area contributed by atoms with E-state index in [1.165, 1.54) is 11.1 Å². The van der Waals surface area contributed by atoms with Crippen molar-refractivity contribution in [1.29, 1.82) is 0 Å². The maximum Gasteiger partial charge on any atom is 0.316 e. The lowest BCUT2D eigenvalue weighted by atomic mass is 9.90. The number of aryl methyl sites for hydroxylation is 1. The minimum Gasteiger partial charge on any atom is -0.467 e. The average molecular weight is 412 g/mol. The SMILES string of the molecule is COc1ncc(C2=NCc3cc4c(cc32)CN([C@H](C)c2cccc(C)c2)C(=O)C4)cn1. The number of hydrogen-bond donors (Lipinski definition) is 0. The Hall–Kier alpha value is -3.54. The molecule has 3 heterocycles. The van der Waals surface area contributed by atoms with Crippen LogP contribution in [0.15, 0.2) is 53.8 Å². The molecule has 1 atom stereocenters. The lowest BCUT2D eigenvalue weighted by Gasteiger charge is -2.34. The molecule has 6 nitrogen and oxygen atoms in total. The predicted molar refractivity (Wildman–Crippen MR) is 118 cm³/mol. The Morgan fingerprint density at radius 1 is 1.06 bits per heavy atom. The third kappa shape index (κ3) is 3.48. The summed E-state index contributed by atoms with van der Waals surface area (Å²) >= 11 is 0. The summed E-state index contributed by atoms with van der Waals surface area (Å²) in [6.07, 6.45) is 3.92. The van der Waals surface area contributed by atoms with E-state index >= 15 is 0 Å². The first kappa shape index (κ1) is 19.4. The van der Waals surface area contributed by atoms with Gasteiger partial charge in [0.05, 0.1) is 31.8 Å². The summed E-state index contributed by atoms with van der Waals surface area (Å²) in [4.78, 5) is 28.1. The van der Waals surface area contributed by atoms with Gasteiger partial charge < -0.3 is 9.64 Å². The van der Waals surface area contributed by atoms with Gasteiger partial charge in [0.1, 0.15) is 0 Å². The molecule has 3 aromatic rings. The van der Waals surface area contributed by atoms with Gasteiger partial charge in [-0.2, -0.15) is 0 Å². The van der Waals surface area contributed by atoms with Crippen LogP contribution in [0.25, 0.3) is 0 Å². The Balaban J connectivity index is 1.46. The van der Waals surface area contributed by atoms with Crippen LogP contribution < -0.4 is 4.74 Å². The quantitative estimate of drug-likeness (QED) is 0.654. The molecule has 2 aromatic carbocycles. The van der Waals surface area contributed by atoms with Gasteiger partial charge in [-0.05, 0) is 42.2 Å². The minimum atomic E-state index is 0.0249. The summed E-state index contributed by atoms with van der Waals surface area (Å²) in [6.45, 7) is 5.40. The predicted octanol–water partition coefficient (Wildman–Crippen LogP) is 3.79. The molecule has 0 aliphatic carbocycles. The fraction of sp³-hybridized carbons (Fsp3) is 0.280. The summed E-state index contributed by atoms with van der Waals surface area (Å²) < 4.78 is 5.06. The molecule has 0 saturated heterocycles. The van der Waals surface area contributed by atoms with Crippen LogP contribution in [-0.4, -0.2) is 33.6 Å². The van der Waals surface area contributed by atoms with Gasteiger partial charge in [-0.25, -0.2) is 9.97 Å². The standard InChI is InChI=1S/C25H24N4O2/c1-15-5-4-6-17(7-15)16(2)29-14-20-9-22-19(8-18(20)10-23(29)30)11-26-24(22)21-12-27-25(31-3)28-13-21/h4-9,12-13,16H,10-11,14H2,1-3H3/t16-/m1/s1. The smallest absolute Gasteiger partial charge is 0.316 e. The molecule has 2 aliphatic rings. The highest BCUT2D eigenvalue weighted by Crippen LogP contribution is 2.33. The van der Waals surface area contributed by atoms with Crippen LogP contribution in [-0.2, 0) is 24.3 Å². The molecule has 2 aliphatic heterocycles. The number of amides is 1. The second-order valence-corrected chi connectivity index (χ2v) is 8.19. The number of rotatable bonds is 4. The van der Waals surface area contributed by atoms with Crippen molar-refractivity contribution in [3.05, 3.63) is 87.7 Å². The fourth-order valence-corrected chi connectivity index (χ4v) is 4.44. The third-order valence-corrected chi connectivity index (χ3v) is 6.17. The largest absolute Gasteiger partial charge is 0.467 e. The number of carbonyl (C=O) groups is 1. The van der Waals surface area contributed by atoms with Gasteiger partial charge in [0.25, 0.3) is 0 Å². The maximum absolute atomic E-state index is 13.0. The number of aromatic nitrogens is 2. The van der Waals surface area contributed by atoms with Crippen molar-refractivity contribution in [3.63, 3.8) is 0 Å². The zero-order chi connectivity index (χ0) is 21.5. The fourth-order valence-electron chi connectivity index (χ4n) is 4.44. The summed E-state index contributed by atoms with van der Waals surface area (Å²) in [7, 11) is 1.55. The lowest BCUT2D eigenvalue weighted by molar-refractivity contribution is -0.134. The first-order valence-electron chi connectivity index (χ1n) is 10.5. The van der Waals surface area contributed by atoms with Crippen LogP contribution in [0.3, 0.4) is 0 Å². The Kier molecular flexibility index (Phi) is 4.77. The van der Waals surface area contributed by atoms with Crippen molar-refractivity contribution in [2.45, 2.75) is 39.4 Å². The normalized spacial score (nSPS) is 15.9. The van der Waals surface area contributed by atoms with E-state index in [2.05, 4.69) is 60.2 Å². The molecule has 0 fully saturated rings. The van der Waals surface area contributed by atoms with E-state index in [4.69, 9.17) is 9.73 Å². The molecule has 156 valence electrons. The average Bonchev–Trinajstić information content (AvgIpc) is 3.19. The first-order valence-corrected chi connectivity index (χ1v) is 10.5. The van der Waals surface area contributed by atoms with Gasteiger partial charge in [-0.1, -0.05) is 35.9 Å². The number of carbonyl (C=O) groups excluding carboxylic acids is 1. The van der Waals surface area contributed by atoms with Crippen LogP contribution in [0.1, 0.15) is 51.9 Å².